The molecular weight excluding hydrogens is 274 g/mol. The summed E-state index contributed by atoms with van der Waals surface area (Å²) in [5.74, 6) is 0. The van der Waals surface area contributed by atoms with Crippen LogP contribution < -0.4 is 0 Å². The van der Waals surface area contributed by atoms with Gasteiger partial charge in [0, 0.05) is 0 Å². The van der Waals surface area contributed by atoms with Crippen molar-refractivity contribution in [3.05, 3.63) is 35.9 Å². The van der Waals surface area contributed by atoms with Crippen LogP contribution in [0.4, 0.5) is 4.79 Å². The third-order valence-corrected chi connectivity index (χ3v) is 3.55. The molecular formula is C15H21NO5. The Morgan fingerprint density at radius 2 is 1.95 bits per heavy atom. The summed E-state index contributed by atoms with van der Waals surface area (Å²) < 4.78 is 10.9. The highest BCUT2D eigenvalue weighted by Gasteiger charge is 2.50. The number of amides is 1. The van der Waals surface area contributed by atoms with Gasteiger partial charge in [-0.2, -0.15) is 0 Å². The zero-order chi connectivity index (χ0) is 15.5. The summed E-state index contributed by atoms with van der Waals surface area (Å²) in [4.78, 5) is 13.6. The Bertz CT molecular complexity index is 476. The molecule has 1 saturated heterocycles. The Balaban J connectivity index is 2.06. The lowest BCUT2D eigenvalue weighted by atomic mass is 10.1. The number of nitrogens with zero attached hydrogens (tertiary/aromatic N) is 1. The number of hydrogen-bond donors (Lipinski definition) is 2. The highest BCUT2D eigenvalue weighted by molar-refractivity contribution is 5.69. The van der Waals surface area contributed by atoms with Gasteiger partial charge >= 0.3 is 6.09 Å². The van der Waals surface area contributed by atoms with Crippen molar-refractivity contribution in [2.24, 2.45) is 0 Å². The van der Waals surface area contributed by atoms with Crippen molar-refractivity contribution in [2.75, 3.05) is 13.2 Å². The van der Waals surface area contributed by atoms with Crippen molar-refractivity contribution in [1.82, 2.24) is 4.90 Å². The maximum atomic E-state index is 12.3. The van der Waals surface area contributed by atoms with Crippen LogP contribution in [0.1, 0.15) is 19.4 Å². The fourth-order valence-electron chi connectivity index (χ4n) is 2.57. The van der Waals surface area contributed by atoms with Gasteiger partial charge in [0.25, 0.3) is 0 Å². The molecule has 0 radical (unpaired) electrons. The molecule has 2 N–H and O–H groups in total. The van der Waals surface area contributed by atoms with E-state index in [1.807, 2.05) is 30.3 Å². The van der Waals surface area contributed by atoms with Gasteiger partial charge < -0.3 is 19.7 Å². The molecule has 6 nitrogen and oxygen atoms in total. The van der Waals surface area contributed by atoms with Crippen LogP contribution in [0.3, 0.4) is 0 Å². The third-order valence-electron chi connectivity index (χ3n) is 3.55. The van der Waals surface area contributed by atoms with Crippen molar-refractivity contribution in [3.8, 4) is 0 Å². The highest BCUT2D eigenvalue weighted by atomic mass is 16.6. The minimum Gasteiger partial charge on any atom is -0.444 e. The normalized spacial score (nSPS) is 24.1. The highest BCUT2D eigenvalue weighted by Crippen LogP contribution is 2.32. The molecule has 21 heavy (non-hydrogen) atoms. The van der Waals surface area contributed by atoms with Crippen LogP contribution in [0, 0.1) is 0 Å². The van der Waals surface area contributed by atoms with E-state index in [4.69, 9.17) is 9.47 Å². The average Bonchev–Trinajstić information content (AvgIpc) is 2.76. The van der Waals surface area contributed by atoms with E-state index in [1.165, 1.54) is 4.90 Å². The van der Waals surface area contributed by atoms with Crippen molar-refractivity contribution in [3.63, 3.8) is 0 Å². The molecule has 0 saturated carbocycles. The second-order valence-corrected chi connectivity index (χ2v) is 5.45. The summed E-state index contributed by atoms with van der Waals surface area (Å²) in [6, 6.07) is 8.72. The van der Waals surface area contributed by atoms with Gasteiger partial charge in [-0.1, -0.05) is 30.3 Å². The maximum absolute atomic E-state index is 12.3. The van der Waals surface area contributed by atoms with Gasteiger partial charge in [0.05, 0.1) is 19.3 Å². The first-order valence-electron chi connectivity index (χ1n) is 6.89. The van der Waals surface area contributed by atoms with Crippen LogP contribution in [-0.2, 0) is 16.1 Å². The van der Waals surface area contributed by atoms with E-state index < -0.39 is 24.0 Å². The Morgan fingerprint density at radius 1 is 1.29 bits per heavy atom. The van der Waals surface area contributed by atoms with E-state index in [0.717, 1.165) is 5.56 Å². The summed E-state index contributed by atoms with van der Waals surface area (Å²) in [7, 11) is 0. The molecule has 116 valence electrons. The van der Waals surface area contributed by atoms with Crippen molar-refractivity contribution >= 4 is 6.09 Å². The Labute approximate surface area is 123 Å². The molecule has 0 bridgehead atoms. The Kier molecular flexibility index (Phi) is 4.82. The van der Waals surface area contributed by atoms with Crippen LogP contribution in [0.5, 0.6) is 0 Å². The van der Waals surface area contributed by atoms with E-state index in [2.05, 4.69) is 0 Å². The van der Waals surface area contributed by atoms with Gasteiger partial charge in [-0.3, -0.25) is 4.90 Å². The summed E-state index contributed by atoms with van der Waals surface area (Å²) >= 11 is 0. The van der Waals surface area contributed by atoms with Gasteiger partial charge in [0.2, 0.25) is 0 Å². The van der Waals surface area contributed by atoms with Crippen LogP contribution in [0.15, 0.2) is 30.3 Å². The predicted octanol–water partition coefficient (Wildman–Crippen LogP) is 1.11. The number of hydrogen-bond acceptors (Lipinski definition) is 5. The molecule has 1 amide bonds. The molecule has 1 fully saturated rings. The van der Waals surface area contributed by atoms with Crippen LogP contribution in [0.25, 0.3) is 0 Å². The molecule has 1 aromatic carbocycles. The third kappa shape index (κ3) is 3.34. The van der Waals surface area contributed by atoms with Crippen LogP contribution in [-0.4, -0.2) is 52.3 Å². The Morgan fingerprint density at radius 3 is 2.52 bits per heavy atom. The predicted molar refractivity (Wildman–Crippen MR) is 75.4 cm³/mol. The maximum Gasteiger partial charge on any atom is 0.412 e. The van der Waals surface area contributed by atoms with E-state index in [0.29, 0.717) is 0 Å². The lowest BCUT2D eigenvalue weighted by Crippen LogP contribution is -2.50. The molecule has 2 atom stereocenters. The minimum absolute atomic E-state index is 0.147. The summed E-state index contributed by atoms with van der Waals surface area (Å²) in [5, 5.41) is 18.8. The van der Waals surface area contributed by atoms with Crippen molar-refractivity contribution < 1.29 is 24.5 Å². The smallest absolute Gasteiger partial charge is 0.412 e. The summed E-state index contributed by atoms with van der Waals surface area (Å²) in [5.41, 5.74) is -0.0581. The quantitative estimate of drug-likeness (QED) is 0.870. The standard InChI is InChI=1S/C15H21NO5/c1-15(2)16(12(8-17)13(9-18)21-15)14(19)20-10-11-6-4-3-5-7-11/h3-7,12-13,17-18H,8-10H2,1-2H3. The van der Waals surface area contributed by atoms with Gasteiger partial charge in [0.1, 0.15) is 18.4 Å². The SMILES string of the molecule is CC1(C)OC(CO)C(CO)N1C(=O)OCc1ccccc1. The van der Waals surface area contributed by atoms with Gasteiger partial charge in [-0.05, 0) is 19.4 Å². The zero-order valence-corrected chi connectivity index (χ0v) is 12.2. The number of ether oxygens (including phenoxy) is 2. The molecule has 6 heteroatoms. The lowest BCUT2D eigenvalue weighted by Gasteiger charge is -2.32. The first kappa shape index (κ1) is 15.8. The molecule has 1 heterocycles. The van der Waals surface area contributed by atoms with E-state index >= 15 is 0 Å². The molecule has 2 rings (SSSR count). The average molecular weight is 295 g/mol. The fraction of sp³-hybridized carbons (Fsp3) is 0.533. The van der Waals surface area contributed by atoms with E-state index in [9.17, 15) is 15.0 Å². The summed E-state index contributed by atoms with van der Waals surface area (Å²) in [6.07, 6.45) is -1.19. The zero-order valence-electron chi connectivity index (χ0n) is 12.2. The van der Waals surface area contributed by atoms with Crippen LogP contribution in [0.2, 0.25) is 0 Å². The molecule has 1 aliphatic rings. The number of aliphatic hydroxyl groups is 2. The number of benzene rings is 1. The van der Waals surface area contributed by atoms with Crippen molar-refractivity contribution in [2.45, 2.75) is 38.3 Å². The second-order valence-electron chi connectivity index (χ2n) is 5.45. The molecule has 1 aliphatic heterocycles. The monoisotopic (exact) mass is 295 g/mol. The van der Waals surface area contributed by atoms with E-state index in [1.54, 1.807) is 13.8 Å². The molecule has 1 aromatic rings. The molecule has 0 spiro atoms. The second kappa shape index (κ2) is 6.43. The minimum atomic E-state index is -0.936. The number of carbonyl (C=O) groups excluding carboxylic acids is 1. The van der Waals surface area contributed by atoms with Crippen molar-refractivity contribution in [1.29, 1.82) is 0 Å². The van der Waals surface area contributed by atoms with Crippen LogP contribution >= 0.6 is 0 Å². The van der Waals surface area contributed by atoms with Gasteiger partial charge in [-0.25, -0.2) is 4.79 Å². The molecule has 0 aromatic heterocycles. The lowest BCUT2D eigenvalue weighted by molar-refractivity contribution is -0.0804. The van der Waals surface area contributed by atoms with Gasteiger partial charge in [0.15, 0.2) is 0 Å². The topological polar surface area (TPSA) is 79.2 Å². The molecule has 2 unspecified atom stereocenters. The first-order valence-corrected chi connectivity index (χ1v) is 6.89. The number of aliphatic hydroxyl groups excluding tert-OH is 2. The van der Waals surface area contributed by atoms with Gasteiger partial charge in [-0.15, -0.1) is 0 Å². The fourth-order valence-corrected chi connectivity index (χ4v) is 2.57. The summed E-state index contributed by atoms with van der Waals surface area (Å²) in [6.45, 7) is 2.99. The first-order chi connectivity index (χ1) is 9.99. The van der Waals surface area contributed by atoms with E-state index in [-0.39, 0.29) is 19.8 Å². The number of rotatable bonds is 4. The number of carbonyl (C=O) groups is 1. The molecule has 0 aliphatic carbocycles. The largest absolute Gasteiger partial charge is 0.444 e. The Hall–Kier alpha value is -1.63.